The van der Waals surface area contributed by atoms with Crippen molar-refractivity contribution < 1.29 is 23.9 Å². The van der Waals surface area contributed by atoms with Crippen molar-refractivity contribution in [3.63, 3.8) is 0 Å². The van der Waals surface area contributed by atoms with Gasteiger partial charge in [0.25, 0.3) is 0 Å². The number of anilines is 1. The summed E-state index contributed by atoms with van der Waals surface area (Å²) in [6, 6.07) is 5.01. The lowest BCUT2D eigenvalue weighted by Gasteiger charge is -2.14. The fraction of sp³-hybridized carbons (Fsp3) is 0.250. The standard InChI is InChI=1S/C12H10FNO4S/c13-7-1-3-8(4-2-7)14-10(15)5-9(12(14)18)19-6-11(16)17/h1-4,9H,5-6H2,(H,16,17). The highest BCUT2D eigenvalue weighted by molar-refractivity contribution is 8.01. The van der Waals surface area contributed by atoms with Gasteiger partial charge in [0.05, 0.1) is 16.7 Å². The number of carboxylic acids is 1. The molecule has 0 saturated carbocycles. The minimum Gasteiger partial charge on any atom is -0.481 e. The van der Waals surface area contributed by atoms with Gasteiger partial charge < -0.3 is 5.11 Å². The van der Waals surface area contributed by atoms with Crippen LogP contribution in [-0.2, 0) is 14.4 Å². The molecule has 1 atom stereocenters. The van der Waals surface area contributed by atoms with Crippen molar-refractivity contribution in [1.82, 2.24) is 0 Å². The van der Waals surface area contributed by atoms with Crippen LogP contribution in [0.5, 0.6) is 0 Å². The third-order valence-electron chi connectivity index (χ3n) is 2.60. The van der Waals surface area contributed by atoms with Gasteiger partial charge >= 0.3 is 5.97 Å². The van der Waals surface area contributed by atoms with Crippen molar-refractivity contribution in [2.45, 2.75) is 11.7 Å². The minimum absolute atomic E-state index is 0.0336. The predicted molar refractivity (Wildman–Crippen MR) is 67.4 cm³/mol. The first-order valence-electron chi connectivity index (χ1n) is 5.45. The quantitative estimate of drug-likeness (QED) is 0.842. The number of imide groups is 1. The van der Waals surface area contributed by atoms with Crippen LogP contribution < -0.4 is 4.90 Å². The molecular weight excluding hydrogens is 273 g/mol. The number of halogens is 1. The normalized spacial score (nSPS) is 19.0. The largest absolute Gasteiger partial charge is 0.481 e. The van der Waals surface area contributed by atoms with E-state index in [1.807, 2.05) is 0 Å². The van der Waals surface area contributed by atoms with Gasteiger partial charge in [-0.2, -0.15) is 0 Å². The molecular formula is C12H10FNO4S. The van der Waals surface area contributed by atoms with Crippen LogP contribution in [0.25, 0.3) is 0 Å². The van der Waals surface area contributed by atoms with E-state index in [0.29, 0.717) is 5.69 Å². The maximum atomic E-state index is 12.8. The Labute approximate surface area is 112 Å². The summed E-state index contributed by atoms with van der Waals surface area (Å²) >= 11 is 0.920. The fourth-order valence-electron chi connectivity index (χ4n) is 1.77. The van der Waals surface area contributed by atoms with Crippen LogP contribution in [0.3, 0.4) is 0 Å². The zero-order valence-corrected chi connectivity index (χ0v) is 10.5. The maximum absolute atomic E-state index is 12.8. The third kappa shape index (κ3) is 2.93. The van der Waals surface area contributed by atoms with E-state index in [2.05, 4.69) is 0 Å². The first kappa shape index (κ1) is 13.5. The van der Waals surface area contributed by atoms with Crippen LogP contribution in [0, 0.1) is 5.82 Å². The van der Waals surface area contributed by atoms with Gasteiger partial charge in [0.1, 0.15) is 5.82 Å². The summed E-state index contributed by atoms with van der Waals surface area (Å²) in [5.41, 5.74) is 0.301. The van der Waals surface area contributed by atoms with Crippen molar-refractivity contribution >= 4 is 35.2 Å². The number of hydrogen-bond acceptors (Lipinski definition) is 4. The Kier molecular flexibility index (Phi) is 3.84. The number of benzene rings is 1. The van der Waals surface area contributed by atoms with Crippen LogP contribution in [0.2, 0.25) is 0 Å². The minimum atomic E-state index is -1.04. The summed E-state index contributed by atoms with van der Waals surface area (Å²) in [6.07, 6.45) is -0.0336. The highest BCUT2D eigenvalue weighted by atomic mass is 32.2. The molecule has 5 nitrogen and oxygen atoms in total. The van der Waals surface area contributed by atoms with Gasteiger partial charge in [-0.1, -0.05) is 0 Å². The van der Waals surface area contributed by atoms with Crippen LogP contribution in [0.1, 0.15) is 6.42 Å². The van der Waals surface area contributed by atoms with Crippen LogP contribution in [0.15, 0.2) is 24.3 Å². The summed E-state index contributed by atoms with van der Waals surface area (Å²) in [5.74, 6) is -2.59. The molecule has 0 aliphatic carbocycles. The van der Waals surface area contributed by atoms with Crippen LogP contribution >= 0.6 is 11.8 Å². The highest BCUT2D eigenvalue weighted by Gasteiger charge is 2.39. The molecule has 0 radical (unpaired) electrons. The van der Waals surface area contributed by atoms with E-state index in [9.17, 15) is 18.8 Å². The Bertz CT molecular complexity index is 531. The molecule has 1 aromatic carbocycles. The molecule has 0 spiro atoms. The Balaban J connectivity index is 2.14. The molecule has 2 rings (SSSR count). The number of aliphatic carboxylic acids is 1. The van der Waals surface area contributed by atoms with Crippen molar-refractivity contribution in [2.75, 3.05) is 10.7 Å². The lowest BCUT2D eigenvalue weighted by molar-refractivity contribution is -0.134. The summed E-state index contributed by atoms with van der Waals surface area (Å²) < 4.78 is 12.8. The second-order valence-electron chi connectivity index (χ2n) is 3.94. The van der Waals surface area contributed by atoms with Gasteiger partial charge in [0, 0.05) is 6.42 Å². The van der Waals surface area contributed by atoms with Crippen LogP contribution in [-0.4, -0.2) is 33.9 Å². The van der Waals surface area contributed by atoms with E-state index in [0.717, 1.165) is 28.8 Å². The van der Waals surface area contributed by atoms with Crippen LogP contribution in [0.4, 0.5) is 10.1 Å². The smallest absolute Gasteiger partial charge is 0.313 e. The average Bonchev–Trinajstić information content (AvgIpc) is 2.63. The molecule has 1 N–H and O–H groups in total. The van der Waals surface area contributed by atoms with Crippen molar-refractivity contribution in [1.29, 1.82) is 0 Å². The Morgan fingerprint density at radius 3 is 2.58 bits per heavy atom. The van der Waals surface area contributed by atoms with E-state index >= 15 is 0 Å². The third-order valence-corrected chi connectivity index (χ3v) is 3.78. The van der Waals surface area contributed by atoms with E-state index in [-0.39, 0.29) is 12.2 Å². The fourth-order valence-corrected chi connectivity index (χ4v) is 2.62. The van der Waals surface area contributed by atoms with E-state index < -0.39 is 28.9 Å². The molecule has 19 heavy (non-hydrogen) atoms. The lowest BCUT2D eigenvalue weighted by Crippen LogP contribution is -2.31. The number of carbonyl (C=O) groups excluding carboxylic acids is 2. The Morgan fingerprint density at radius 2 is 2.00 bits per heavy atom. The van der Waals surface area contributed by atoms with Gasteiger partial charge in [0.15, 0.2) is 0 Å². The highest BCUT2D eigenvalue weighted by Crippen LogP contribution is 2.29. The second kappa shape index (κ2) is 5.40. The molecule has 0 aromatic heterocycles. The summed E-state index contributed by atoms with van der Waals surface area (Å²) in [4.78, 5) is 35.2. The summed E-state index contributed by atoms with van der Waals surface area (Å²) in [7, 11) is 0. The number of thioether (sulfide) groups is 1. The number of nitrogens with zero attached hydrogens (tertiary/aromatic N) is 1. The van der Waals surface area contributed by atoms with E-state index in [1.54, 1.807) is 0 Å². The molecule has 1 saturated heterocycles. The van der Waals surface area contributed by atoms with Crippen molar-refractivity contribution in [2.24, 2.45) is 0 Å². The molecule has 1 aromatic rings. The number of amides is 2. The van der Waals surface area contributed by atoms with Gasteiger partial charge in [-0.25, -0.2) is 9.29 Å². The number of carboxylic acid groups (broad SMARTS) is 1. The number of carbonyl (C=O) groups is 3. The molecule has 1 aliphatic heterocycles. The van der Waals surface area contributed by atoms with Gasteiger partial charge in [-0.15, -0.1) is 11.8 Å². The van der Waals surface area contributed by atoms with E-state index in [4.69, 9.17) is 5.11 Å². The second-order valence-corrected chi connectivity index (χ2v) is 5.13. The van der Waals surface area contributed by atoms with Gasteiger partial charge in [-0.05, 0) is 24.3 Å². The first-order valence-corrected chi connectivity index (χ1v) is 6.49. The molecule has 7 heteroatoms. The van der Waals surface area contributed by atoms with Crippen molar-refractivity contribution in [3.8, 4) is 0 Å². The Morgan fingerprint density at radius 1 is 1.37 bits per heavy atom. The van der Waals surface area contributed by atoms with Crippen molar-refractivity contribution in [3.05, 3.63) is 30.1 Å². The lowest BCUT2D eigenvalue weighted by atomic mass is 10.3. The molecule has 1 fully saturated rings. The molecule has 0 bridgehead atoms. The maximum Gasteiger partial charge on any atom is 0.313 e. The van der Waals surface area contributed by atoms with Gasteiger partial charge in [-0.3, -0.25) is 14.4 Å². The molecule has 1 unspecified atom stereocenters. The molecule has 1 heterocycles. The predicted octanol–water partition coefficient (Wildman–Crippen LogP) is 1.28. The Hall–Kier alpha value is -1.89. The summed E-state index contributed by atoms with van der Waals surface area (Å²) in [6.45, 7) is 0. The number of rotatable bonds is 4. The number of hydrogen-bond donors (Lipinski definition) is 1. The molecule has 100 valence electrons. The van der Waals surface area contributed by atoms with Gasteiger partial charge in [0.2, 0.25) is 11.8 Å². The SMILES string of the molecule is O=C(O)CSC1CC(=O)N(c2ccc(F)cc2)C1=O. The zero-order valence-electron chi connectivity index (χ0n) is 9.71. The average molecular weight is 283 g/mol. The first-order chi connectivity index (χ1) is 8.99. The molecule has 1 aliphatic rings. The monoisotopic (exact) mass is 283 g/mol. The van der Waals surface area contributed by atoms with E-state index in [1.165, 1.54) is 12.1 Å². The zero-order chi connectivity index (χ0) is 14.0. The summed E-state index contributed by atoms with van der Waals surface area (Å²) in [5, 5.41) is 7.88. The molecule has 2 amide bonds. The topological polar surface area (TPSA) is 74.7 Å².